The third kappa shape index (κ3) is 4.11. The highest BCUT2D eigenvalue weighted by molar-refractivity contribution is 5.95. The second-order valence-electron chi connectivity index (χ2n) is 6.64. The molecule has 0 saturated carbocycles. The molecule has 0 spiro atoms. The minimum atomic E-state index is -1.01. The number of aromatic carboxylic acids is 1. The zero-order valence-corrected chi connectivity index (χ0v) is 15.6. The van der Waals surface area contributed by atoms with E-state index in [-0.39, 0.29) is 11.4 Å². The van der Waals surface area contributed by atoms with Crippen molar-refractivity contribution >= 4 is 29.1 Å². The quantitative estimate of drug-likeness (QED) is 0.688. The molecule has 8 heteroatoms. The van der Waals surface area contributed by atoms with Crippen LogP contribution in [0.1, 0.15) is 10.4 Å². The molecular weight excluding hydrogens is 373 g/mol. The fraction of sp³-hybridized carbons (Fsp3) is 0.190. The van der Waals surface area contributed by atoms with Crippen molar-refractivity contribution in [2.24, 2.45) is 0 Å². The Morgan fingerprint density at radius 2 is 1.66 bits per heavy atom. The first-order chi connectivity index (χ1) is 14.1. The van der Waals surface area contributed by atoms with Crippen molar-refractivity contribution in [3.63, 3.8) is 0 Å². The second-order valence-corrected chi connectivity index (χ2v) is 6.64. The lowest BCUT2D eigenvalue weighted by Gasteiger charge is -2.36. The Morgan fingerprint density at radius 1 is 0.966 bits per heavy atom. The average Bonchev–Trinajstić information content (AvgIpc) is 2.75. The third-order valence-corrected chi connectivity index (χ3v) is 4.82. The van der Waals surface area contributed by atoms with Gasteiger partial charge < -0.3 is 20.2 Å². The van der Waals surface area contributed by atoms with Gasteiger partial charge in [-0.3, -0.25) is 0 Å². The maximum Gasteiger partial charge on any atom is 0.337 e. The zero-order valence-electron chi connectivity index (χ0n) is 15.6. The summed E-state index contributed by atoms with van der Waals surface area (Å²) in [6.07, 6.45) is 1.64. The van der Waals surface area contributed by atoms with E-state index in [2.05, 4.69) is 15.3 Å². The van der Waals surface area contributed by atoms with Crippen LogP contribution in [0.15, 0.2) is 60.8 Å². The maximum absolute atomic E-state index is 14.0. The number of hydrogen-bond donors (Lipinski definition) is 2. The van der Waals surface area contributed by atoms with Crippen LogP contribution in [0.3, 0.4) is 0 Å². The molecule has 29 heavy (non-hydrogen) atoms. The number of piperazine rings is 1. The molecule has 0 bridgehead atoms. The average molecular weight is 393 g/mol. The molecule has 0 radical (unpaired) electrons. The zero-order chi connectivity index (χ0) is 20.2. The van der Waals surface area contributed by atoms with Gasteiger partial charge in [0.2, 0.25) is 5.95 Å². The SMILES string of the molecule is O=C(O)c1ccccc1Nc1ccnc(N2CCN(c3ccccc3F)CC2)n1. The van der Waals surface area contributed by atoms with Gasteiger partial charge >= 0.3 is 5.97 Å². The van der Waals surface area contributed by atoms with Crippen molar-refractivity contribution < 1.29 is 14.3 Å². The number of para-hydroxylation sites is 2. The first-order valence-corrected chi connectivity index (χ1v) is 9.28. The molecule has 2 N–H and O–H groups in total. The lowest BCUT2D eigenvalue weighted by atomic mass is 10.2. The minimum absolute atomic E-state index is 0.172. The van der Waals surface area contributed by atoms with Gasteiger partial charge in [-0.05, 0) is 30.3 Å². The Kier molecular flexibility index (Phi) is 5.24. The van der Waals surface area contributed by atoms with E-state index in [1.165, 1.54) is 12.1 Å². The molecule has 0 aliphatic carbocycles. The van der Waals surface area contributed by atoms with Crippen LogP contribution in [0, 0.1) is 5.82 Å². The molecule has 2 heterocycles. The molecule has 148 valence electrons. The first-order valence-electron chi connectivity index (χ1n) is 9.28. The van der Waals surface area contributed by atoms with Crippen LogP contribution in [0.25, 0.3) is 0 Å². The van der Waals surface area contributed by atoms with E-state index in [0.717, 1.165) is 0 Å². The van der Waals surface area contributed by atoms with Gasteiger partial charge in [0.25, 0.3) is 0 Å². The lowest BCUT2D eigenvalue weighted by molar-refractivity contribution is 0.0698. The van der Waals surface area contributed by atoms with Crippen LogP contribution in [0.4, 0.5) is 27.5 Å². The van der Waals surface area contributed by atoms with Crippen molar-refractivity contribution in [1.82, 2.24) is 9.97 Å². The van der Waals surface area contributed by atoms with Crippen LogP contribution >= 0.6 is 0 Å². The number of anilines is 4. The highest BCUT2D eigenvalue weighted by Crippen LogP contribution is 2.23. The fourth-order valence-corrected chi connectivity index (χ4v) is 3.34. The molecule has 0 unspecified atom stereocenters. The van der Waals surface area contributed by atoms with Crippen molar-refractivity contribution in [2.75, 3.05) is 41.3 Å². The minimum Gasteiger partial charge on any atom is -0.478 e. The van der Waals surface area contributed by atoms with E-state index in [4.69, 9.17) is 0 Å². The number of carbonyl (C=O) groups is 1. The molecule has 3 aromatic rings. The molecule has 1 aliphatic rings. The van der Waals surface area contributed by atoms with E-state index >= 15 is 0 Å². The Labute approximate surface area is 167 Å². The monoisotopic (exact) mass is 393 g/mol. The summed E-state index contributed by atoms with van der Waals surface area (Å²) < 4.78 is 14.0. The number of aromatic nitrogens is 2. The summed E-state index contributed by atoms with van der Waals surface area (Å²) in [6, 6.07) is 15.1. The van der Waals surface area contributed by atoms with Gasteiger partial charge in [-0.1, -0.05) is 24.3 Å². The summed E-state index contributed by atoms with van der Waals surface area (Å²) in [4.78, 5) is 24.3. The van der Waals surface area contributed by atoms with Gasteiger partial charge in [0.1, 0.15) is 11.6 Å². The van der Waals surface area contributed by atoms with Gasteiger partial charge in [-0.2, -0.15) is 4.98 Å². The standard InChI is InChI=1S/C21H20FN5O2/c22-16-6-2-4-8-18(16)26-11-13-27(14-12-26)21-23-10-9-19(25-21)24-17-7-3-1-5-15(17)20(28)29/h1-10H,11-14H2,(H,28,29)(H,23,24,25). The Hall–Kier alpha value is -3.68. The van der Waals surface area contributed by atoms with Gasteiger partial charge in [0.05, 0.1) is 16.9 Å². The summed E-state index contributed by atoms with van der Waals surface area (Å²) >= 11 is 0. The molecule has 1 saturated heterocycles. The van der Waals surface area contributed by atoms with Crippen LogP contribution < -0.4 is 15.1 Å². The maximum atomic E-state index is 14.0. The Bertz CT molecular complexity index is 1020. The van der Waals surface area contributed by atoms with Gasteiger partial charge in [0, 0.05) is 32.4 Å². The molecule has 7 nitrogen and oxygen atoms in total. The van der Waals surface area contributed by atoms with Gasteiger partial charge in [-0.25, -0.2) is 14.2 Å². The van der Waals surface area contributed by atoms with E-state index in [1.54, 1.807) is 42.6 Å². The second kappa shape index (κ2) is 8.14. The Morgan fingerprint density at radius 3 is 2.41 bits per heavy atom. The smallest absolute Gasteiger partial charge is 0.337 e. The highest BCUT2D eigenvalue weighted by Gasteiger charge is 2.21. The summed E-state index contributed by atoms with van der Waals surface area (Å²) in [6.45, 7) is 2.63. The van der Waals surface area contributed by atoms with E-state index in [9.17, 15) is 14.3 Å². The first kappa shape index (κ1) is 18.7. The fourth-order valence-electron chi connectivity index (χ4n) is 3.34. The van der Waals surface area contributed by atoms with E-state index in [1.807, 2.05) is 15.9 Å². The number of carboxylic acids is 1. The number of nitrogens with one attached hydrogen (secondary N) is 1. The van der Waals surface area contributed by atoms with Crippen molar-refractivity contribution in [2.45, 2.75) is 0 Å². The molecular formula is C21H20FN5O2. The van der Waals surface area contributed by atoms with Crippen LogP contribution in [0.5, 0.6) is 0 Å². The number of hydrogen-bond acceptors (Lipinski definition) is 6. The van der Waals surface area contributed by atoms with E-state index < -0.39 is 5.97 Å². The van der Waals surface area contributed by atoms with Crippen molar-refractivity contribution in [3.8, 4) is 0 Å². The van der Waals surface area contributed by atoms with Crippen LogP contribution in [0.2, 0.25) is 0 Å². The van der Waals surface area contributed by atoms with Crippen LogP contribution in [-0.4, -0.2) is 47.2 Å². The molecule has 0 amide bonds. The summed E-state index contributed by atoms with van der Waals surface area (Å²) in [7, 11) is 0. The number of halogens is 1. The molecule has 4 rings (SSSR count). The van der Waals surface area contributed by atoms with Crippen molar-refractivity contribution in [3.05, 3.63) is 72.2 Å². The lowest BCUT2D eigenvalue weighted by Crippen LogP contribution is -2.47. The predicted octanol–water partition coefficient (Wildman–Crippen LogP) is 3.38. The number of carboxylic acid groups (broad SMARTS) is 1. The Balaban J connectivity index is 1.46. The topological polar surface area (TPSA) is 81.6 Å². The molecule has 1 aromatic heterocycles. The van der Waals surface area contributed by atoms with Gasteiger partial charge in [-0.15, -0.1) is 0 Å². The summed E-state index contributed by atoms with van der Waals surface area (Å²) in [5, 5.41) is 12.4. The summed E-state index contributed by atoms with van der Waals surface area (Å²) in [5.41, 5.74) is 1.24. The van der Waals surface area contributed by atoms with Gasteiger partial charge in [0.15, 0.2) is 0 Å². The summed E-state index contributed by atoms with van der Waals surface area (Å²) in [5.74, 6) is -0.164. The molecule has 2 aromatic carbocycles. The number of rotatable bonds is 5. The predicted molar refractivity (Wildman–Crippen MR) is 110 cm³/mol. The largest absolute Gasteiger partial charge is 0.478 e. The number of nitrogens with zero attached hydrogens (tertiary/aromatic N) is 4. The highest BCUT2D eigenvalue weighted by atomic mass is 19.1. The van der Waals surface area contributed by atoms with E-state index in [0.29, 0.717) is 49.3 Å². The third-order valence-electron chi connectivity index (χ3n) is 4.82. The molecule has 1 aliphatic heterocycles. The van der Waals surface area contributed by atoms with Crippen molar-refractivity contribution in [1.29, 1.82) is 0 Å². The molecule has 0 atom stereocenters. The molecule has 1 fully saturated rings. The normalized spacial score (nSPS) is 14.0. The number of benzene rings is 2. The van der Waals surface area contributed by atoms with Crippen LogP contribution in [-0.2, 0) is 0 Å².